The van der Waals surface area contributed by atoms with Crippen LogP contribution in [-0.4, -0.2) is 44.4 Å². The number of hydrogen-bond acceptors (Lipinski definition) is 8. The van der Waals surface area contributed by atoms with Gasteiger partial charge in [0.1, 0.15) is 0 Å². The Morgan fingerprint density at radius 2 is 1.17 bits per heavy atom. The van der Waals surface area contributed by atoms with Crippen molar-refractivity contribution < 1.29 is 30.5 Å². The molecule has 1 aromatic rings. The number of hydrogen-bond donors (Lipinski definition) is 4. The number of aromatic nitrogens is 1. The van der Waals surface area contributed by atoms with E-state index in [0.717, 1.165) is 26.4 Å². The van der Waals surface area contributed by atoms with Crippen molar-refractivity contribution in [2.24, 2.45) is 17.2 Å². The predicted octanol–water partition coefficient (Wildman–Crippen LogP) is 0.176. The standard InChI is InChI=1S/C4H4N.C4H8O2.3CH3NS2.Mo/c1-2-4-5-3-1;1-2-6-4-3-5-1;3*2-1(3)4;/h1-3,5H;1-4H2;3*(H3,2,3,4);/q-1;;;;;+4/p-3. The van der Waals surface area contributed by atoms with Crippen LogP contribution in [0.5, 0.6) is 0 Å². The SMILES string of the molecule is C1COCCO1.NC(=S)[S-].NC(=S)[S-].NC(=S)[S-].[Mo+4].[c-]1ccc[nH]1. The van der Waals surface area contributed by atoms with Crippen LogP contribution < -0.4 is 17.2 Å². The minimum absolute atomic E-state index is 0. The Kier molecular flexibility index (Phi) is 37.3. The van der Waals surface area contributed by atoms with Gasteiger partial charge in [0.2, 0.25) is 0 Å². The molecule has 2 rings (SSSR count). The first kappa shape index (κ1) is 31.9. The fourth-order valence-corrected chi connectivity index (χ4v) is 0.680. The van der Waals surface area contributed by atoms with E-state index < -0.39 is 0 Å². The maximum atomic E-state index is 4.94. The molecule has 7 N–H and O–H groups in total. The maximum Gasteiger partial charge on any atom is 4.00 e. The molecule has 0 atom stereocenters. The zero-order valence-electron chi connectivity index (χ0n) is 12.5. The average Bonchev–Trinajstić information content (AvgIpc) is 2.97. The molecule has 1 saturated heterocycles. The number of H-pyrrole nitrogens is 1. The monoisotopic (exact) mass is 528 g/mol. The minimum atomic E-state index is 0. The van der Waals surface area contributed by atoms with Crippen LogP contribution in [0.2, 0.25) is 0 Å². The summed E-state index contributed by atoms with van der Waals surface area (Å²) in [5, 5.41) is 0. The Morgan fingerprint density at radius 3 is 1.25 bits per heavy atom. The Hall–Kier alpha value is 0.218. The van der Waals surface area contributed by atoms with Crippen LogP contribution in [0.15, 0.2) is 18.3 Å². The molecule has 0 aliphatic carbocycles. The van der Waals surface area contributed by atoms with Crippen LogP contribution >= 0.6 is 36.7 Å². The first-order chi connectivity index (χ1) is 10.7. The number of ether oxygens (including phenoxy) is 2. The van der Waals surface area contributed by atoms with E-state index >= 15 is 0 Å². The van der Waals surface area contributed by atoms with E-state index in [-0.39, 0.29) is 34.0 Å². The van der Waals surface area contributed by atoms with Crippen LogP contribution in [0.4, 0.5) is 0 Å². The third kappa shape index (κ3) is 79.5. The van der Waals surface area contributed by atoms with Gasteiger partial charge in [-0.2, -0.15) is 18.3 Å². The number of thiocarbonyl (C=S) groups is 3. The summed E-state index contributed by atoms with van der Waals surface area (Å²) in [5.74, 6) is 0. The van der Waals surface area contributed by atoms with E-state index in [0.29, 0.717) is 0 Å². The van der Waals surface area contributed by atoms with Crippen molar-refractivity contribution >= 4 is 87.5 Å². The molecule has 136 valence electrons. The second kappa shape index (κ2) is 28.0. The fraction of sp³-hybridized carbons (Fsp3) is 0.364. The summed E-state index contributed by atoms with van der Waals surface area (Å²) in [6, 6.07) is 3.71. The minimum Gasteiger partial charge on any atom is -0.484 e. The smallest absolute Gasteiger partial charge is 0.484 e. The average molecular weight is 527 g/mol. The van der Waals surface area contributed by atoms with Crippen LogP contribution in [0.1, 0.15) is 0 Å². The quantitative estimate of drug-likeness (QED) is 0.161. The summed E-state index contributed by atoms with van der Waals surface area (Å²) < 4.78 is 10.1. The number of nitrogens with two attached hydrogens (primary N) is 3. The number of rotatable bonds is 0. The second-order valence-corrected chi connectivity index (χ2v) is 6.41. The summed E-state index contributed by atoms with van der Waals surface area (Å²) in [4.78, 5) is 2.74. The van der Waals surface area contributed by atoms with Gasteiger partial charge in [0.15, 0.2) is 0 Å². The molecule has 0 amide bonds. The molecule has 0 radical (unpaired) electrons. The molecule has 0 unspecified atom stereocenters. The first-order valence-electron chi connectivity index (χ1n) is 5.74. The van der Waals surface area contributed by atoms with E-state index in [2.05, 4.69) is 103 Å². The molecule has 2 heterocycles. The third-order valence-electron chi connectivity index (χ3n) is 1.19. The predicted molar refractivity (Wildman–Crippen MR) is 114 cm³/mol. The molecule has 0 aromatic carbocycles. The normalized spacial score (nSPS) is 10.7. The molecule has 13 heteroatoms. The molecule has 0 bridgehead atoms. The van der Waals surface area contributed by atoms with Gasteiger partial charge >= 0.3 is 21.1 Å². The molecule has 1 aliphatic heterocycles. The van der Waals surface area contributed by atoms with Gasteiger partial charge in [0.05, 0.1) is 26.4 Å². The van der Waals surface area contributed by atoms with E-state index in [1.54, 1.807) is 0 Å². The Labute approximate surface area is 189 Å². The topological polar surface area (TPSA) is 112 Å². The van der Waals surface area contributed by atoms with E-state index in [1.165, 1.54) is 0 Å². The summed E-state index contributed by atoms with van der Waals surface area (Å²) in [5.41, 5.74) is 14.0. The van der Waals surface area contributed by atoms with Crippen molar-refractivity contribution in [1.82, 2.24) is 4.98 Å². The van der Waals surface area contributed by atoms with Crippen molar-refractivity contribution in [3.63, 3.8) is 0 Å². The van der Waals surface area contributed by atoms with Crippen LogP contribution in [0.25, 0.3) is 0 Å². The van der Waals surface area contributed by atoms with Gasteiger partial charge in [-0.3, -0.25) is 0 Å². The largest absolute Gasteiger partial charge is 4.00 e. The molecule has 6 nitrogen and oxygen atoms in total. The van der Waals surface area contributed by atoms with Gasteiger partial charge < -0.3 is 106 Å². The molecule has 0 spiro atoms. The van der Waals surface area contributed by atoms with Crippen molar-refractivity contribution in [2.75, 3.05) is 26.4 Å². The molecule has 0 saturated carbocycles. The van der Waals surface area contributed by atoms with E-state index in [1.807, 2.05) is 18.3 Å². The van der Waals surface area contributed by atoms with Crippen LogP contribution in [0, 0.1) is 6.20 Å². The molecular weight excluding hydrogens is 508 g/mol. The van der Waals surface area contributed by atoms with Gasteiger partial charge in [0, 0.05) is 0 Å². The third-order valence-corrected chi connectivity index (χ3v) is 1.19. The first-order valence-corrected chi connectivity index (χ1v) is 8.19. The fourth-order valence-electron chi connectivity index (χ4n) is 0.680. The summed E-state index contributed by atoms with van der Waals surface area (Å²) >= 11 is 24.8. The van der Waals surface area contributed by atoms with Crippen molar-refractivity contribution in [3.05, 3.63) is 24.5 Å². The zero-order valence-corrected chi connectivity index (χ0v) is 19.4. The van der Waals surface area contributed by atoms with Gasteiger partial charge in [-0.15, -0.1) is 6.20 Å². The van der Waals surface area contributed by atoms with E-state index in [4.69, 9.17) is 9.47 Å². The van der Waals surface area contributed by atoms with Gasteiger partial charge in [-0.25, -0.2) is 0 Å². The Morgan fingerprint density at radius 1 is 0.875 bits per heavy atom. The van der Waals surface area contributed by atoms with Crippen LogP contribution in [-0.2, 0) is 68.4 Å². The summed E-state index contributed by atoms with van der Waals surface area (Å²) in [6.45, 7) is 3.11. The summed E-state index contributed by atoms with van der Waals surface area (Å²) in [7, 11) is 0. The van der Waals surface area contributed by atoms with Gasteiger partial charge in [-0.05, 0) is 0 Å². The number of aromatic amines is 1. The molecule has 24 heavy (non-hydrogen) atoms. The van der Waals surface area contributed by atoms with Crippen molar-refractivity contribution in [2.45, 2.75) is 0 Å². The molecular formula is C11H18MoN4O2S6. The summed E-state index contributed by atoms with van der Waals surface area (Å²) in [6.07, 6.45) is 4.56. The van der Waals surface area contributed by atoms with E-state index in [9.17, 15) is 0 Å². The molecule has 1 fully saturated rings. The Balaban J connectivity index is -0.000000105. The Bertz CT molecular complexity index is 325. The van der Waals surface area contributed by atoms with Crippen LogP contribution in [0.3, 0.4) is 0 Å². The molecule has 1 aliphatic rings. The second-order valence-electron chi connectivity index (χ2n) is 3.00. The van der Waals surface area contributed by atoms with Gasteiger partial charge in [-0.1, -0.05) is 13.0 Å². The molecule has 1 aromatic heterocycles. The zero-order chi connectivity index (χ0) is 18.5. The van der Waals surface area contributed by atoms with Crippen molar-refractivity contribution in [3.8, 4) is 0 Å². The number of nitrogens with one attached hydrogen (secondary N) is 1. The van der Waals surface area contributed by atoms with Crippen molar-refractivity contribution in [1.29, 1.82) is 0 Å². The maximum absolute atomic E-state index is 4.94. The van der Waals surface area contributed by atoms with Gasteiger partial charge in [0.25, 0.3) is 0 Å².